The van der Waals surface area contributed by atoms with Gasteiger partial charge >= 0.3 is 11.9 Å². The van der Waals surface area contributed by atoms with Crippen molar-refractivity contribution in [2.45, 2.75) is 25.7 Å². The summed E-state index contributed by atoms with van der Waals surface area (Å²) in [6, 6.07) is 1.90. The molecule has 80 valence electrons. The Labute approximate surface area is 87.0 Å². The minimum atomic E-state index is -0.449. The molecule has 0 spiro atoms. The molecule has 0 aliphatic carbocycles. The van der Waals surface area contributed by atoms with Gasteiger partial charge in [0, 0.05) is 18.7 Å². The van der Waals surface area contributed by atoms with Crippen molar-refractivity contribution in [1.82, 2.24) is 9.78 Å². The van der Waals surface area contributed by atoms with Crippen molar-refractivity contribution in [1.29, 1.82) is 0 Å². The third-order valence-corrected chi connectivity index (χ3v) is 2.51. The number of aromatic nitrogens is 2. The van der Waals surface area contributed by atoms with Gasteiger partial charge in [-0.25, -0.2) is 0 Å². The zero-order valence-electron chi connectivity index (χ0n) is 8.69. The highest BCUT2D eigenvalue weighted by atomic mass is 16.6. The SMILES string of the molecule is Cc1cc(C2CC(=O)OC(=O)C2)n(C)n1. The Morgan fingerprint density at radius 3 is 2.47 bits per heavy atom. The van der Waals surface area contributed by atoms with Gasteiger partial charge in [0.1, 0.15) is 0 Å². The summed E-state index contributed by atoms with van der Waals surface area (Å²) in [5, 5.41) is 4.19. The van der Waals surface area contributed by atoms with Crippen molar-refractivity contribution in [3.8, 4) is 0 Å². The fourth-order valence-electron chi connectivity index (χ4n) is 1.91. The van der Waals surface area contributed by atoms with Crippen molar-refractivity contribution < 1.29 is 14.3 Å². The number of hydrogen-bond acceptors (Lipinski definition) is 4. The predicted octanol–water partition coefficient (Wildman–Crippen LogP) is 0.676. The molecular weight excluding hydrogens is 196 g/mol. The normalized spacial score (nSPS) is 18.0. The van der Waals surface area contributed by atoms with Gasteiger partial charge in [-0.05, 0) is 13.0 Å². The van der Waals surface area contributed by atoms with Gasteiger partial charge in [-0.1, -0.05) is 0 Å². The van der Waals surface area contributed by atoms with E-state index in [0.29, 0.717) is 0 Å². The maximum Gasteiger partial charge on any atom is 0.314 e. The minimum Gasteiger partial charge on any atom is -0.393 e. The van der Waals surface area contributed by atoms with E-state index in [4.69, 9.17) is 0 Å². The number of carbonyl (C=O) groups excluding carboxylic acids is 2. The monoisotopic (exact) mass is 208 g/mol. The molecule has 0 atom stereocenters. The van der Waals surface area contributed by atoms with Gasteiger partial charge in [0.2, 0.25) is 0 Å². The third kappa shape index (κ3) is 1.91. The molecule has 1 aromatic rings. The summed E-state index contributed by atoms with van der Waals surface area (Å²) < 4.78 is 6.19. The van der Waals surface area contributed by atoms with Crippen molar-refractivity contribution in [3.05, 3.63) is 17.5 Å². The molecule has 1 saturated heterocycles. The fourth-order valence-corrected chi connectivity index (χ4v) is 1.91. The van der Waals surface area contributed by atoms with E-state index in [-0.39, 0.29) is 18.8 Å². The van der Waals surface area contributed by atoms with Crippen LogP contribution in [-0.2, 0) is 21.4 Å². The van der Waals surface area contributed by atoms with Gasteiger partial charge in [0.05, 0.1) is 18.5 Å². The molecular formula is C10H12N2O3. The molecule has 2 heterocycles. The van der Waals surface area contributed by atoms with Gasteiger partial charge in [0.15, 0.2) is 0 Å². The number of nitrogens with zero attached hydrogens (tertiary/aromatic N) is 2. The number of carbonyl (C=O) groups is 2. The van der Waals surface area contributed by atoms with Crippen molar-refractivity contribution in [2.24, 2.45) is 7.05 Å². The lowest BCUT2D eigenvalue weighted by Gasteiger charge is -2.19. The Balaban J connectivity index is 2.27. The molecule has 0 aromatic carbocycles. The summed E-state index contributed by atoms with van der Waals surface area (Å²) in [5.74, 6) is -0.991. The van der Waals surface area contributed by atoms with Crippen LogP contribution in [0.25, 0.3) is 0 Å². The standard InChI is InChI=1S/C10H12N2O3/c1-6-3-8(12(2)11-6)7-4-9(13)15-10(14)5-7/h3,7H,4-5H2,1-2H3. The number of ether oxygens (including phenoxy) is 1. The van der Waals surface area contributed by atoms with E-state index >= 15 is 0 Å². The van der Waals surface area contributed by atoms with Crippen LogP contribution >= 0.6 is 0 Å². The van der Waals surface area contributed by atoms with E-state index in [0.717, 1.165) is 11.4 Å². The molecule has 1 aliphatic rings. The first-order valence-corrected chi connectivity index (χ1v) is 4.80. The summed E-state index contributed by atoms with van der Waals surface area (Å²) in [4.78, 5) is 22.2. The molecule has 0 unspecified atom stereocenters. The number of esters is 2. The van der Waals surface area contributed by atoms with E-state index in [9.17, 15) is 9.59 Å². The van der Waals surface area contributed by atoms with Crippen LogP contribution in [-0.4, -0.2) is 21.7 Å². The highest BCUT2D eigenvalue weighted by Gasteiger charge is 2.30. The molecule has 1 fully saturated rings. The molecule has 0 N–H and O–H groups in total. The lowest BCUT2D eigenvalue weighted by molar-refractivity contribution is -0.164. The third-order valence-electron chi connectivity index (χ3n) is 2.51. The van der Waals surface area contributed by atoms with E-state index < -0.39 is 11.9 Å². The summed E-state index contributed by atoms with van der Waals surface area (Å²) in [7, 11) is 1.81. The van der Waals surface area contributed by atoms with Crippen LogP contribution < -0.4 is 0 Å². The molecule has 0 saturated carbocycles. The first-order valence-electron chi connectivity index (χ1n) is 4.80. The van der Waals surface area contributed by atoms with Crippen LogP contribution in [0.15, 0.2) is 6.07 Å². The average Bonchev–Trinajstić information content (AvgIpc) is 2.43. The van der Waals surface area contributed by atoms with Crippen LogP contribution in [0, 0.1) is 6.92 Å². The van der Waals surface area contributed by atoms with Gasteiger partial charge in [0.25, 0.3) is 0 Å². The Bertz CT molecular complexity index is 406. The molecule has 15 heavy (non-hydrogen) atoms. The van der Waals surface area contributed by atoms with Crippen LogP contribution in [0.2, 0.25) is 0 Å². The topological polar surface area (TPSA) is 61.2 Å². The second-order valence-corrected chi connectivity index (χ2v) is 3.79. The number of aryl methyl sites for hydroxylation is 2. The molecule has 0 radical (unpaired) electrons. The predicted molar refractivity (Wildman–Crippen MR) is 51.0 cm³/mol. The molecule has 2 rings (SSSR count). The van der Waals surface area contributed by atoms with E-state index in [1.807, 2.05) is 20.0 Å². The van der Waals surface area contributed by atoms with Gasteiger partial charge < -0.3 is 4.74 Å². The first kappa shape index (κ1) is 9.89. The average molecular weight is 208 g/mol. The number of rotatable bonds is 1. The van der Waals surface area contributed by atoms with Crippen molar-refractivity contribution in [2.75, 3.05) is 0 Å². The zero-order valence-corrected chi connectivity index (χ0v) is 8.69. The molecule has 0 bridgehead atoms. The zero-order chi connectivity index (χ0) is 11.0. The smallest absolute Gasteiger partial charge is 0.314 e. The Morgan fingerprint density at radius 2 is 2.00 bits per heavy atom. The van der Waals surface area contributed by atoms with Crippen molar-refractivity contribution >= 4 is 11.9 Å². The van der Waals surface area contributed by atoms with Crippen LogP contribution in [0.4, 0.5) is 0 Å². The summed E-state index contributed by atoms with van der Waals surface area (Å²) in [6.07, 6.45) is 0.509. The Hall–Kier alpha value is -1.65. The van der Waals surface area contributed by atoms with Crippen molar-refractivity contribution in [3.63, 3.8) is 0 Å². The Kier molecular flexibility index (Phi) is 2.30. The van der Waals surface area contributed by atoms with Gasteiger partial charge in [-0.2, -0.15) is 5.10 Å². The fraction of sp³-hybridized carbons (Fsp3) is 0.500. The molecule has 0 amide bonds. The largest absolute Gasteiger partial charge is 0.393 e. The second kappa shape index (κ2) is 3.49. The van der Waals surface area contributed by atoms with Crippen LogP contribution in [0.1, 0.15) is 30.1 Å². The lowest BCUT2D eigenvalue weighted by Crippen LogP contribution is -2.25. The summed E-state index contributed by atoms with van der Waals surface area (Å²) in [5.41, 5.74) is 1.80. The lowest BCUT2D eigenvalue weighted by atomic mass is 9.95. The summed E-state index contributed by atoms with van der Waals surface area (Å²) in [6.45, 7) is 1.88. The first-order chi connectivity index (χ1) is 7.06. The quantitative estimate of drug-likeness (QED) is 0.503. The van der Waals surface area contributed by atoms with Crippen LogP contribution in [0.3, 0.4) is 0 Å². The Morgan fingerprint density at radius 1 is 1.40 bits per heavy atom. The molecule has 5 heteroatoms. The maximum absolute atomic E-state index is 11.1. The van der Waals surface area contributed by atoms with E-state index in [1.165, 1.54) is 0 Å². The van der Waals surface area contributed by atoms with E-state index in [1.54, 1.807) is 4.68 Å². The van der Waals surface area contributed by atoms with Gasteiger partial charge in [-0.15, -0.1) is 0 Å². The van der Waals surface area contributed by atoms with Gasteiger partial charge in [-0.3, -0.25) is 14.3 Å². The summed E-state index contributed by atoms with van der Waals surface area (Å²) >= 11 is 0. The highest BCUT2D eigenvalue weighted by molar-refractivity contribution is 5.89. The highest BCUT2D eigenvalue weighted by Crippen LogP contribution is 2.28. The minimum absolute atomic E-state index is 0.0926. The molecule has 5 nitrogen and oxygen atoms in total. The molecule has 1 aromatic heterocycles. The molecule has 1 aliphatic heterocycles. The van der Waals surface area contributed by atoms with E-state index in [2.05, 4.69) is 9.84 Å². The van der Waals surface area contributed by atoms with Crippen LogP contribution in [0.5, 0.6) is 0 Å². The number of cyclic esters (lactones) is 2. The number of hydrogen-bond donors (Lipinski definition) is 0. The second-order valence-electron chi connectivity index (χ2n) is 3.79. The maximum atomic E-state index is 11.1.